The number of ether oxygens (including phenoxy) is 1. The van der Waals surface area contributed by atoms with E-state index in [1.165, 1.54) is 6.07 Å². The lowest BCUT2D eigenvalue weighted by Gasteiger charge is -2.40. The van der Waals surface area contributed by atoms with Crippen LogP contribution in [0.1, 0.15) is 24.8 Å². The van der Waals surface area contributed by atoms with Gasteiger partial charge in [0, 0.05) is 49.6 Å². The normalized spacial score (nSPS) is 22.7. The van der Waals surface area contributed by atoms with Crippen LogP contribution >= 0.6 is 0 Å². The van der Waals surface area contributed by atoms with Gasteiger partial charge >= 0.3 is 0 Å². The SMILES string of the molecule is COc1ccc(F)c(CN2CCC[C@@]3(CCN(C(=O)Cn4ccnc4)C3)C2)c1. The highest BCUT2D eigenvalue weighted by Gasteiger charge is 2.42. The van der Waals surface area contributed by atoms with Gasteiger partial charge in [0.2, 0.25) is 5.91 Å². The molecule has 0 saturated carbocycles. The summed E-state index contributed by atoms with van der Waals surface area (Å²) in [6.45, 7) is 4.37. The van der Waals surface area contributed by atoms with E-state index in [1.807, 2.05) is 15.7 Å². The Hall–Kier alpha value is -2.41. The molecule has 4 rings (SSSR count). The molecule has 28 heavy (non-hydrogen) atoms. The van der Waals surface area contributed by atoms with Crippen molar-refractivity contribution in [2.45, 2.75) is 32.4 Å². The number of hydrogen-bond acceptors (Lipinski definition) is 4. The summed E-state index contributed by atoms with van der Waals surface area (Å²) in [4.78, 5) is 20.9. The molecule has 7 heteroatoms. The van der Waals surface area contributed by atoms with Gasteiger partial charge in [-0.2, -0.15) is 0 Å². The number of imidazole rings is 1. The fourth-order valence-corrected chi connectivity index (χ4v) is 4.60. The maximum Gasteiger partial charge on any atom is 0.242 e. The number of carbonyl (C=O) groups is 1. The molecule has 6 nitrogen and oxygen atoms in total. The van der Waals surface area contributed by atoms with Crippen LogP contribution in [0.5, 0.6) is 5.75 Å². The van der Waals surface area contributed by atoms with E-state index < -0.39 is 0 Å². The third-order valence-corrected chi connectivity index (χ3v) is 6.06. The van der Waals surface area contributed by atoms with Crippen molar-refractivity contribution < 1.29 is 13.9 Å². The van der Waals surface area contributed by atoms with Gasteiger partial charge in [0.05, 0.1) is 13.4 Å². The number of aromatic nitrogens is 2. The van der Waals surface area contributed by atoms with E-state index in [1.54, 1.807) is 31.8 Å². The van der Waals surface area contributed by atoms with Crippen LogP contribution in [0, 0.1) is 11.2 Å². The molecule has 1 atom stereocenters. The number of benzene rings is 1. The summed E-state index contributed by atoms with van der Waals surface area (Å²) in [5.41, 5.74) is 0.792. The smallest absolute Gasteiger partial charge is 0.242 e. The third kappa shape index (κ3) is 4.04. The molecular weight excluding hydrogens is 359 g/mol. The van der Waals surface area contributed by atoms with Crippen molar-refractivity contribution in [2.75, 3.05) is 33.3 Å². The number of piperidine rings is 1. The van der Waals surface area contributed by atoms with Crippen LogP contribution in [0.25, 0.3) is 0 Å². The molecule has 1 amide bonds. The van der Waals surface area contributed by atoms with Crippen molar-refractivity contribution in [3.8, 4) is 5.75 Å². The number of nitrogens with zero attached hydrogens (tertiary/aromatic N) is 4. The van der Waals surface area contributed by atoms with Crippen LogP contribution in [0.2, 0.25) is 0 Å². The molecule has 0 radical (unpaired) electrons. The monoisotopic (exact) mass is 386 g/mol. The van der Waals surface area contributed by atoms with Crippen molar-refractivity contribution in [3.05, 3.63) is 48.3 Å². The van der Waals surface area contributed by atoms with Gasteiger partial charge in [0.1, 0.15) is 18.1 Å². The first-order valence-electron chi connectivity index (χ1n) is 9.85. The molecule has 2 saturated heterocycles. The van der Waals surface area contributed by atoms with E-state index in [9.17, 15) is 9.18 Å². The number of amides is 1. The minimum atomic E-state index is -0.191. The largest absolute Gasteiger partial charge is 0.497 e. The number of likely N-dealkylation sites (tertiary alicyclic amines) is 2. The van der Waals surface area contributed by atoms with Gasteiger partial charge in [0.25, 0.3) is 0 Å². The van der Waals surface area contributed by atoms with Crippen LogP contribution < -0.4 is 4.74 Å². The first-order valence-corrected chi connectivity index (χ1v) is 9.85. The Morgan fingerprint density at radius 2 is 2.18 bits per heavy atom. The minimum Gasteiger partial charge on any atom is -0.497 e. The third-order valence-electron chi connectivity index (χ3n) is 6.06. The zero-order valence-corrected chi connectivity index (χ0v) is 16.3. The average molecular weight is 386 g/mol. The van der Waals surface area contributed by atoms with Crippen LogP contribution in [0.3, 0.4) is 0 Å². The number of carbonyl (C=O) groups excluding carboxylic acids is 1. The van der Waals surface area contributed by atoms with E-state index in [4.69, 9.17) is 4.74 Å². The Morgan fingerprint density at radius 3 is 2.96 bits per heavy atom. The molecule has 0 aliphatic carbocycles. The van der Waals surface area contributed by atoms with Gasteiger partial charge in [0.15, 0.2) is 0 Å². The molecule has 2 aliphatic rings. The topological polar surface area (TPSA) is 50.6 Å². The lowest BCUT2D eigenvalue weighted by Crippen LogP contribution is -2.45. The fourth-order valence-electron chi connectivity index (χ4n) is 4.60. The van der Waals surface area contributed by atoms with Crippen LogP contribution in [0.15, 0.2) is 36.9 Å². The van der Waals surface area contributed by atoms with E-state index >= 15 is 0 Å². The molecule has 0 bridgehead atoms. The van der Waals surface area contributed by atoms with Crippen molar-refractivity contribution in [2.24, 2.45) is 5.41 Å². The first kappa shape index (κ1) is 18.9. The van der Waals surface area contributed by atoms with E-state index in [-0.39, 0.29) is 17.1 Å². The second-order valence-corrected chi connectivity index (χ2v) is 8.07. The summed E-state index contributed by atoms with van der Waals surface area (Å²) < 4.78 is 21.3. The molecule has 2 aliphatic heterocycles. The number of methoxy groups -OCH3 is 1. The Balaban J connectivity index is 1.39. The molecule has 1 aromatic carbocycles. The summed E-state index contributed by atoms with van der Waals surface area (Å²) in [7, 11) is 1.60. The van der Waals surface area contributed by atoms with Crippen molar-refractivity contribution >= 4 is 5.91 Å². The first-order chi connectivity index (χ1) is 13.6. The fraction of sp³-hybridized carbons (Fsp3) is 0.524. The van der Waals surface area contributed by atoms with E-state index in [2.05, 4.69) is 9.88 Å². The van der Waals surface area contributed by atoms with Gasteiger partial charge in [-0.25, -0.2) is 9.37 Å². The molecule has 1 spiro atoms. The van der Waals surface area contributed by atoms with Crippen LogP contribution in [-0.2, 0) is 17.9 Å². The Bertz CT molecular complexity index is 826. The van der Waals surface area contributed by atoms with Crippen molar-refractivity contribution in [3.63, 3.8) is 0 Å². The van der Waals surface area contributed by atoms with Crippen molar-refractivity contribution in [1.82, 2.24) is 19.4 Å². The highest BCUT2D eigenvalue weighted by molar-refractivity contribution is 5.76. The molecule has 1 aromatic heterocycles. The summed E-state index contributed by atoms with van der Waals surface area (Å²) in [6.07, 6.45) is 8.40. The zero-order chi connectivity index (χ0) is 19.6. The summed E-state index contributed by atoms with van der Waals surface area (Å²) in [5.74, 6) is 0.634. The molecule has 150 valence electrons. The predicted molar refractivity (Wildman–Crippen MR) is 103 cm³/mol. The average Bonchev–Trinajstić information content (AvgIpc) is 3.34. The van der Waals surface area contributed by atoms with E-state index in [0.29, 0.717) is 24.4 Å². The Morgan fingerprint density at radius 1 is 1.29 bits per heavy atom. The van der Waals surface area contributed by atoms with Gasteiger partial charge in [-0.15, -0.1) is 0 Å². The number of rotatable bonds is 5. The molecule has 2 aromatic rings. The quantitative estimate of drug-likeness (QED) is 0.793. The standard InChI is InChI=1S/C21H27FN4O2/c1-28-18-3-4-19(22)17(11-18)12-24-8-2-5-21(14-24)6-9-26(15-21)20(27)13-25-10-7-23-16-25/h3-4,7,10-11,16H,2,5-6,8-9,12-15H2,1H3/t21-/m1/s1. The second kappa shape index (κ2) is 7.91. The van der Waals surface area contributed by atoms with Gasteiger partial charge in [-0.05, 0) is 44.0 Å². The summed E-state index contributed by atoms with van der Waals surface area (Å²) in [5, 5.41) is 0. The van der Waals surface area contributed by atoms with Gasteiger partial charge < -0.3 is 14.2 Å². The minimum absolute atomic E-state index is 0.123. The highest BCUT2D eigenvalue weighted by atomic mass is 19.1. The van der Waals surface area contributed by atoms with Gasteiger partial charge in [-0.1, -0.05) is 0 Å². The van der Waals surface area contributed by atoms with Crippen LogP contribution in [-0.4, -0.2) is 58.5 Å². The lowest BCUT2D eigenvalue weighted by atomic mass is 9.79. The summed E-state index contributed by atoms with van der Waals surface area (Å²) in [6, 6.07) is 4.91. The molecule has 0 N–H and O–H groups in total. The summed E-state index contributed by atoms with van der Waals surface area (Å²) >= 11 is 0. The number of halogens is 1. The predicted octanol–water partition coefficient (Wildman–Crippen LogP) is 2.55. The second-order valence-electron chi connectivity index (χ2n) is 8.07. The maximum absolute atomic E-state index is 14.2. The molecule has 0 unspecified atom stereocenters. The van der Waals surface area contributed by atoms with E-state index in [0.717, 1.165) is 45.4 Å². The highest BCUT2D eigenvalue weighted by Crippen LogP contribution is 2.39. The lowest BCUT2D eigenvalue weighted by molar-refractivity contribution is -0.131. The number of hydrogen-bond donors (Lipinski definition) is 0. The molecule has 3 heterocycles. The van der Waals surface area contributed by atoms with Crippen LogP contribution in [0.4, 0.5) is 4.39 Å². The Kier molecular flexibility index (Phi) is 5.35. The molecule has 2 fully saturated rings. The van der Waals surface area contributed by atoms with Gasteiger partial charge in [-0.3, -0.25) is 9.69 Å². The zero-order valence-electron chi connectivity index (χ0n) is 16.3. The Labute approximate surface area is 164 Å². The molecular formula is C21H27FN4O2. The van der Waals surface area contributed by atoms with Crippen molar-refractivity contribution in [1.29, 1.82) is 0 Å². The maximum atomic E-state index is 14.2.